The van der Waals surface area contributed by atoms with E-state index < -0.39 is 0 Å². The average Bonchev–Trinajstić information content (AvgIpc) is 2.42. The topological polar surface area (TPSA) is 38.3 Å². The van der Waals surface area contributed by atoms with Gasteiger partial charge in [0.2, 0.25) is 0 Å². The summed E-state index contributed by atoms with van der Waals surface area (Å²) in [6, 6.07) is 13.3. The zero-order valence-corrected chi connectivity index (χ0v) is 13.0. The molecule has 104 valence electrons. The lowest BCUT2D eigenvalue weighted by Crippen LogP contribution is -2.20. The lowest BCUT2D eigenvalue weighted by Gasteiger charge is -2.10. The third-order valence-electron chi connectivity index (χ3n) is 2.85. The van der Waals surface area contributed by atoms with Crippen LogP contribution >= 0.6 is 15.9 Å². The number of hydrogen-bond donors (Lipinski definition) is 1. The van der Waals surface area contributed by atoms with E-state index in [-0.39, 0.29) is 12.5 Å². The van der Waals surface area contributed by atoms with Crippen LogP contribution in [0.4, 0.5) is 5.69 Å². The molecule has 0 aromatic heterocycles. The molecule has 0 fully saturated rings. The molecular formula is C16H16BrNO2. The standard InChI is InChI=1S/C16H16BrNO2/c1-11-3-4-12(2)15(9-11)18-16(19)10-20-14-7-5-13(17)6-8-14/h3-9H,10H2,1-2H3,(H,18,19). The monoisotopic (exact) mass is 333 g/mol. The molecule has 4 heteroatoms. The Morgan fingerprint density at radius 2 is 1.85 bits per heavy atom. The van der Waals surface area contributed by atoms with Crippen molar-refractivity contribution in [3.8, 4) is 5.75 Å². The SMILES string of the molecule is Cc1ccc(C)c(NC(=O)COc2ccc(Br)cc2)c1. The predicted octanol–water partition coefficient (Wildman–Crippen LogP) is 4.08. The van der Waals surface area contributed by atoms with Crippen molar-refractivity contribution in [3.63, 3.8) is 0 Å². The van der Waals surface area contributed by atoms with Gasteiger partial charge in [-0.25, -0.2) is 0 Å². The predicted molar refractivity (Wildman–Crippen MR) is 84.2 cm³/mol. The third-order valence-corrected chi connectivity index (χ3v) is 3.38. The molecule has 20 heavy (non-hydrogen) atoms. The highest BCUT2D eigenvalue weighted by Crippen LogP contribution is 2.17. The first-order chi connectivity index (χ1) is 9.54. The molecule has 2 aromatic rings. The van der Waals surface area contributed by atoms with E-state index in [1.807, 2.05) is 56.3 Å². The van der Waals surface area contributed by atoms with Crippen molar-refractivity contribution < 1.29 is 9.53 Å². The van der Waals surface area contributed by atoms with Crippen LogP contribution in [0, 0.1) is 13.8 Å². The molecule has 0 radical (unpaired) electrons. The Balaban J connectivity index is 1.92. The summed E-state index contributed by atoms with van der Waals surface area (Å²) in [5.74, 6) is 0.505. The fourth-order valence-corrected chi connectivity index (χ4v) is 2.00. The van der Waals surface area contributed by atoms with Gasteiger partial charge in [0.1, 0.15) is 5.75 Å². The van der Waals surface area contributed by atoms with Gasteiger partial charge in [-0.15, -0.1) is 0 Å². The number of anilines is 1. The van der Waals surface area contributed by atoms with Crippen LogP contribution in [0.2, 0.25) is 0 Å². The maximum Gasteiger partial charge on any atom is 0.262 e. The van der Waals surface area contributed by atoms with Crippen LogP contribution in [0.3, 0.4) is 0 Å². The van der Waals surface area contributed by atoms with Crippen LogP contribution in [-0.2, 0) is 4.79 Å². The molecule has 0 aliphatic carbocycles. The van der Waals surface area contributed by atoms with Crippen molar-refractivity contribution in [1.82, 2.24) is 0 Å². The number of aryl methyl sites for hydroxylation is 2. The van der Waals surface area contributed by atoms with Crippen molar-refractivity contribution in [2.24, 2.45) is 0 Å². The first kappa shape index (κ1) is 14.6. The van der Waals surface area contributed by atoms with Gasteiger partial charge in [-0.2, -0.15) is 0 Å². The lowest BCUT2D eigenvalue weighted by atomic mass is 10.1. The molecule has 0 saturated heterocycles. The highest BCUT2D eigenvalue weighted by molar-refractivity contribution is 9.10. The van der Waals surface area contributed by atoms with E-state index in [4.69, 9.17) is 4.74 Å². The number of carbonyl (C=O) groups excluding carboxylic acids is 1. The van der Waals surface area contributed by atoms with Crippen LogP contribution in [0.1, 0.15) is 11.1 Å². The van der Waals surface area contributed by atoms with Crippen molar-refractivity contribution in [2.75, 3.05) is 11.9 Å². The second kappa shape index (κ2) is 6.57. The number of benzene rings is 2. The van der Waals surface area contributed by atoms with Crippen LogP contribution in [-0.4, -0.2) is 12.5 Å². The molecule has 0 saturated carbocycles. The van der Waals surface area contributed by atoms with Gasteiger partial charge in [-0.1, -0.05) is 28.1 Å². The van der Waals surface area contributed by atoms with Gasteiger partial charge in [0.25, 0.3) is 5.91 Å². The number of halogens is 1. The second-order valence-corrected chi connectivity index (χ2v) is 5.52. The van der Waals surface area contributed by atoms with E-state index in [0.717, 1.165) is 21.3 Å². The van der Waals surface area contributed by atoms with Crippen molar-refractivity contribution in [2.45, 2.75) is 13.8 Å². The second-order valence-electron chi connectivity index (χ2n) is 4.61. The molecule has 0 spiro atoms. The van der Waals surface area contributed by atoms with E-state index in [0.29, 0.717) is 5.75 Å². The van der Waals surface area contributed by atoms with Gasteiger partial charge >= 0.3 is 0 Å². The molecule has 1 N–H and O–H groups in total. The summed E-state index contributed by atoms with van der Waals surface area (Å²) >= 11 is 3.35. The maximum absolute atomic E-state index is 11.9. The highest BCUT2D eigenvalue weighted by Gasteiger charge is 2.06. The zero-order valence-electron chi connectivity index (χ0n) is 11.4. The van der Waals surface area contributed by atoms with E-state index in [1.165, 1.54) is 0 Å². The van der Waals surface area contributed by atoms with Gasteiger partial charge < -0.3 is 10.1 Å². The third kappa shape index (κ3) is 4.10. The van der Waals surface area contributed by atoms with Crippen LogP contribution in [0.5, 0.6) is 5.75 Å². The Labute approximate surface area is 127 Å². The van der Waals surface area contributed by atoms with Crippen LogP contribution < -0.4 is 10.1 Å². The Bertz CT molecular complexity index is 608. The summed E-state index contributed by atoms with van der Waals surface area (Å²) in [5.41, 5.74) is 2.97. The Morgan fingerprint density at radius 3 is 2.55 bits per heavy atom. The van der Waals surface area contributed by atoms with Gasteiger partial charge in [0.15, 0.2) is 6.61 Å². The number of rotatable bonds is 4. The minimum atomic E-state index is -0.165. The quantitative estimate of drug-likeness (QED) is 0.915. The first-order valence-electron chi connectivity index (χ1n) is 6.30. The molecule has 0 aliphatic heterocycles. The molecule has 0 aliphatic rings. The fraction of sp³-hybridized carbons (Fsp3) is 0.188. The molecular weight excluding hydrogens is 318 g/mol. The van der Waals surface area contributed by atoms with Crippen LogP contribution in [0.15, 0.2) is 46.9 Å². The van der Waals surface area contributed by atoms with Gasteiger partial charge in [0, 0.05) is 10.2 Å². The van der Waals surface area contributed by atoms with E-state index >= 15 is 0 Å². The van der Waals surface area contributed by atoms with Gasteiger partial charge in [-0.05, 0) is 55.3 Å². The highest BCUT2D eigenvalue weighted by atomic mass is 79.9. The number of nitrogens with one attached hydrogen (secondary N) is 1. The van der Waals surface area contributed by atoms with E-state index in [9.17, 15) is 4.79 Å². The summed E-state index contributed by atoms with van der Waals surface area (Å²) in [4.78, 5) is 11.9. The normalized spacial score (nSPS) is 10.2. The first-order valence-corrected chi connectivity index (χ1v) is 7.09. The Hall–Kier alpha value is -1.81. The number of amides is 1. The lowest BCUT2D eigenvalue weighted by molar-refractivity contribution is -0.118. The Kier molecular flexibility index (Phi) is 4.79. The fourth-order valence-electron chi connectivity index (χ4n) is 1.74. The van der Waals surface area contributed by atoms with Crippen molar-refractivity contribution in [3.05, 3.63) is 58.1 Å². The molecule has 2 aromatic carbocycles. The molecule has 0 heterocycles. The summed E-state index contributed by atoms with van der Waals surface area (Å²) in [5, 5.41) is 2.86. The number of hydrogen-bond acceptors (Lipinski definition) is 2. The molecule has 1 amide bonds. The molecule has 3 nitrogen and oxygen atoms in total. The largest absolute Gasteiger partial charge is 0.484 e. The average molecular weight is 334 g/mol. The minimum absolute atomic E-state index is 0.00495. The van der Waals surface area contributed by atoms with Crippen LogP contribution in [0.25, 0.3) is 0 Å². The molecule has 2 rings (SSSR count). The Morgan fingerprint density at radius 1 is 1.15 bits per heavy atom. The summed E-state index contributed by atoms with van der Waals surface area (Å²) in [7, 11) is 0. The summed E-state index contributed by atoms with van der Waals surface area (Å²) < 4.78 is 6.41. The molecule has 0 atom stereocenters. The zero-order chi connectivity index (χ0) is 14.5. The van der Waals surface area contributed by atoms with Gasteiger partial charge in [-0.3, -0.25) is 4.79 Å². The summed E-state index contributed by atoms with van der Waals surface area (Å²) in [6.45, 7) is 3.95. The van der Waals surface area contributed by atoms with E-state index in [1.54, 1.807) is 0 Å². The smallest absolute Gasteiger partial charge is 0.262 e. The number of ether oxygens (including phenoxy) is 1. The van der Waals surface area contributed by atoms with E-state index in [2.05, 4.69) is 21.2 Å². The van der Waals surface area contributed by atoms with Gasteiger partial charge in [0.05, 0.1) is 0 Å². The molecule has 0 bridgehead atoms. The molecule has 0 unspecified atom stereocenters. The number of carbonyl (C=O) groups is 1. The summed E-state index contributed by atoms with van der Waals surface area (Å²) in [6.07, 6.45) is 0. The van der Waals surface area contributed by atoms with Crippen molar-refractivity contribution in [1.29, 1.82) is 0 Å². The van der Waals surface area contributed by atoms with Crippen molar-refractivity contribution >= 4 is 27.5 Å². The maximum atomic E-state index is 11.9. The minimum Gasteiger partial charge on any atom is -0.484 e.